The average Bonchev–Trinajstić information content (AvgIpc) is 3.83. The quantitative estimate of drug-likeness (QED) is 0.0823. The number of rotatable bonds is 17. The zero-order chi connectivity index (χ0) is 42.0. The molecule has 2 aliphatic heterocycles. The Hall–Kier alpha value is -5.69. The number of hydrogen-bond acceptors (Lipinski definition) is 11. The minimum Gasteiger partial charge on any atom is -0.492 e. The second-order valence-electron chi connectivity index (χ2n) is 15.5. The van der Waals surface area contributed by atoms with Gasteiger partial charge in [-0.25, -0.2) is 19.9 Å². The van der Waals surface area contributed by atoms with Crippen molar-refractivity contribution in [2.75, 3.05) is 56.0 Å². The summed E-state index contributed by atoms with van der Waals surface area (Å²) in [4.78, 5) is 24.0. The van der Waals surface area contributed by atoms with Crippen LogP contribution in [0.4, 0.5) is 11.4 Å². The Labute approximate surface area is 364 Å². The molecule has 0 atom stereocenters. The number of hydrogen-bond donors (Lipinski definition) is 0. The van der Waals surface area contributed by atoms with Gasteiger partial charge in [0.05, 0.1) is 73.1 Å². The number of halogens is 1. The number of ether oxygens (including phenoxy) is 3. The maximum atomic E-state index is 6.44. The molecule has 13 heteroatoms. The molecule has 3 aromatic carbocycles. The third-order valence-corrected chi connectivity index (χ3v) is 11.8. The smallest absolute Gasteiger partial charge is 0.159 e. The average molecular weight is 842 g/mol. The van der Waals surface area contributed by atoms with Gasteiger partial charge in [-0.3, -0.25) is 19.8 Å². The standard InChI is InChI=1S/C48H56ClN9O3/c1-4-59-44-26-36(14-15-43(44)49)33-54-22-16-40(17-23-54)58(42-31-52-48(53-32-42)38-12-8-7-9-13-38)57(41-29-50-35-51-30-41)39-18-24-55(25-19-39)34-37-27-45(60-5-2)47(46(28-37)61-6-3)56-20-10-11-21-56/h7-15,20-21,26-32,35,39-40H,4-6,16-19,22-25,33-34H2,1-3H3. The second-order valence-corrected chi connectivity index (χ2v) is 15.9. The second kappa shape index (κ2) is 20.2. The van der Waals surface area contributed by atoms with Crippen LogP contribution >= 0.6 is 11.6 Å². The van der Waals surface area contributed by atoms with Crippen molar-refractivity contribution in [2.24, 2.45) is 0 Å². The summed E-state index contributed by atoms with van der Waals surface area (Å²) in [6.07, 6.45) is 17.3. The third-order valence-electron chi connectivity index (χ3n) is 11.5. The summed E-state index contributed by atoms with van der Waals surface area (Å²) in [5.74, 6) is 3.10. The first kappa shape index (κ1) is 42.0. The van der Waals surface area contributed by atoms with Crippen molar-refractivity contribution in [3.63, 3.8) is 0 Å². The van der Waals surface area contributed by atoms with Gasteiger partial charge in [0.25, 0.3) is 0 Å². The zero-order valence-electron chi connectivity index (χ0n) is 35.4. The van der Waals surface area contributed by atoms with Crippen molar-refractivity contribution < 1.29 is 14.2 Å². The molecule has 3 aromatic heterocycles. The molecule has 5 heterocycles. The summed E-state index contributed by atoms with van der Waals surface area (Å²) in [7, 11) is 0. The largest absolute Gasteiger partial charge is 0.492 e. The van der Waals surface area contributed by atoms with Crippen LogP contribution < -0.4 is 24.2 Å². The maximum Gasteiger partial charge on any atom is 0.159 e. The van der Waals surface area contributed by atoms with Gasteiger partial charge in [-0.05, 0) is 94.0 Å². The third kappa shape index (κ3) is 10.1. The van der Waals surface area contributed by atoms with E-state index in [-0.39, 0.29) is 12.1 Å². The van der Waals surface area contributed by atoms with Gasteiger partial charge in [-0.2, -0.15) is 0 Å². The summed E-state index contributed by atoms with van der Waals surface area (Å²) < 4.78 is 20.3. The number of likely N-dealkylation sites (tertiary alicyclic amines) is 2. The minimum atomic E-state index is 0.189. The fourth-order valence-corrected chi connectivity index (χ4v) is 8.85. The molecular weight excluding hydrogens is 786 g/mol. The Morgan fingerprint density at radius 3 is 1.67 bits per heavy atom. The lowest BCUT2D eigenvalue weighted by Gasteiger charge is -2.50. The fraction of sp³-hybridized carbons (Fsp3) is 0.375. The van der Waals surface area contributed by atoms with Gasteiger partial charge in [0, 0.05) is 57.2 Å². The summed E-state index contributed by atoms with van der Waals surface area (Å²) in [6, 6.07) is 25.1. The van der Waals surface area contributed by atoms with Gasteiger partial charge in [0.2, 0.25) is 0 Å². The highest BCUT2D eigenvalue weighted by Crippen LogP contribution is 2.37. The highest BCUT2D eigenvalue weighted by molar-refractivity contribution is 6.32. The SMILES string of the molecule is CCOc1cc(CN2CCC(N(c3cnc(-c4ccccc4)nc3)N(c3cncnc3)C3CCN(Cc4cc(OCC)c(-n5cccc5)c(OCC)c4)CC3)CC2)ccc1Cl. The number of anilines is 2. The molecule has 0 spiro atoms. The Balaban J connectivity index is 1.05. The van der Waals surface area contributed by atoms with Crippen molar-refractivity contribution in [3.05, 3.63) is 132 Å². The molecule has 61 heavy (non-hydrogen) atoms. The normalized spacial score (nSPS) is 15.4. The van der Waals surface area contributed by atoms with E-state index in [1.807, 2.05) is 106 Å². The Morgan fingerprint density at radius 1 is 0.607 bits per heavy atom. The molecule has 2 fully saturated rings. The maximum absolute atomic E-state index is 6.44. The van der Waals surface area contributed by atoms with E-state index < -0.39 is 0 Å². The van der Waals surface area contributed by atoms with E-state index in [1.165, 1.54) is 11.1 Å². The predicted octanol–water partition coefficient (Wildman–Crippen LogP) is 9.13. The summed E-state index contributed by atoms with van der Waals surface area (Å²) in [5, 5.41) is 5.56. The van der Waals surface area contributed by atoms with Gasteiger partial charge in [-0.15, -0.1) is 0 Å². The first-order valence-electron chi connectivity index (χ1n) is 21.6. The van der Waals surface area contributed by atoms with Gasteiger partial charge < -0.3 is 18.8 Å². The Bertz CT molecular complexity index is 2240. The van der Waals surface area contributed by atoms with Gasteiger partial charge in [0.15, 0.2) is 5.82 Å². The Morgan fingerprint density at radius 2 is 1.11 bits per heavy atom. The first-order valence-corrected chi connectivity index (χ1v) is 22.0. The molecule has 2 saturated heterocycles. The summed E-state index contributed by atoms with van der Waals surface area (Å²) in [6.45, 7) is 13.1. The predicted molar refractivity (Wildman–Crippen MR) is 242 cm³/mol. The van der Waals surface area contributed by atoms with Crippen molar-refractivity contribution >= 4 is 23.0 Å². The van der Waals surface area contributed by atoms with Gasteiger partial charge >= 0.3 is 0 Å². The van der Waals surface area contributed by atoms with Crippen LogP contribution in [0.15, 0.2) is 116 Å². The van der Waals surface area contributed by atoms with Crippen molar-refractivity contribution in [1.82, 2.24) is 34.3 Å². The lowest BCUT2D eigenvalue weighted by atomic mass is 10.00. The van der Waals surface area contributed by atoms with Crippen LogP contribution in [0, 0.1) is 0 Å². The molecule has 0 N–H and O–H groups in total. The molecule has 0 aliphatic carbocycles. The van der Waals surface area contributed by atoms with Crippen LogP contribution in [-0.2, 0) is 13.1 Å². The van der Waals surface area contributed by atoms with Crippen LogP contribution in [0.1, 0.15) is 57.6 Å². The minimum absolute atomic E-state index is 0.189. The van der Waals surface area contributed by atoms with Crippen molar-refractivity contribution in [1.29, 1.82) is 0 Å². The highest BCUT2D eigenvalue weighted by atomic mass is 35.5. The lowest BCUT2D eigenvalue weighted by Crippen LogP contribution is -2.59. The van der Waals surface area contributed by atoms with E-state index >= 15 is 0 Å². The van der Waals surface area contributed by atoms with Gasteiger partial charge in [-0.1, -0.05) is 48.0 Å². The first-order chi connectivity index (χ1) is 30.0. The van der Waals surface area contributed by atoms with Crippen molar-refractivity contribution in [2.45, 2.75) is 71.6 Å². The van der Waals surface area contributed by atoms with E-state index in [4.69, 9.17) is 35.8 Å². The van der Waals surface area contributed by atoms with E-state index in [1.54, 1.807) is 6.33 Å². The molecule has 2 aliphatic rings. The lowest BCUT2D eigenvalue weighted by molar-refractivity contribution is 0.183. The zero-order valence-corrected chi connectivity index (χ0v) is 36.2. The highest BCUT2D eigenvalue weighted by Gasteiger charge is 2.36. The van der Waals surface area contributed by atoms with E-state index in [0.29, 0.717) is 30.7 Å². The van der Waals surface area contributed by atoms with E-state index in [2.05, 4.69) is 58.6 Å². The topological polar surface area (TPSA) is 97.1 Å². The fourth-order valence-electron chi connectivity index (χ4n) is 8.68. The van der Waals surface area contributed by atoms with Crippen LogP contribution in [-0.4, -0.2) is 92.4 Å². The van der Waals surface area contributed by atoms with Gasteiger partial charge in [0.1, 0.15) is 29.3 Å². The van der Waals surface area contributed by atoms with E-state index in [0.717, 1.165) is 105 Å². The molecular formula is C48H56ClN9O3. The summed E-state index contributed by atoms with van der Waals surface area (Å²) >= 11 is 6.44. The molecule has 12 nitrogen and oxygen atoms in total. The number of nitrogens with zero attached hydrogens (tertiary/aromatic N) is 9. The molecule has 8 rings (SSSR count). The summed E-state index contributed by atoms with van der Waals surface area (Å²) in [5.41, 5.74) is 6.21. The monoisotopic (exact) mass is 841 g/mol. The molecule has 0 bridgehead atoms. The number of benzene rings is 3. The molecule has 0 radical (unpaired) electrons. The van der Waals surface area contributed by atoms with E-state index in [9.17, 15) is 0 Å². The van der Waals surface area contributed by atoms with Crippen LogP contribution in [0.5, 0.6) is 17.2 Å². The molecule has 6 aromatic rings. The molecule has 318 valence electrons. The number of hydrazine groups is 1. The Kier molecular flexibility index (Phi) is 13.9. The number of piperidine rings is 2. The number of aromatic nitrogens is 5. The van der Waals surface area contributed by atoms with Crippen LogP contribution in [0.2, 0.25) is 5.02 Å². The van der Waals surface area contributed by atoms with Crippen LogP contribution in [0.3, 0.4) is 0 Å². The van der Waals surface area contributed by atoms with Crippen molar-refractivity contribution in [3.8, 4) is 34.3 Å². The van der Waals surface area contributed by atoms with Crippen LogP contribution in [0.25, 0.3) is 17.1 Å². The molecule has 0 amide bonds. The molecule has 0 saturated carbocycles. The molecule has 0 unspecified atom stereocenters.